The Hall–Kier alpha value is -0.290. The molecule has 5 heteroatoms. The zero-order valence-corrected chi connectivity index (χ0v) is 14.1. The largest absolute Gasteiger partial charge is 0.383 e. The lowest BCUT2D eigenvalue weighted by Crippen LogP contribution is -2.08. The van der Waals surface area contributed by atoms with Crippen LogP contribution in [-0.2, 0) is 5.75 Å². The summed E-state index contributed by atoms with van der Waals surface area (Å²) >= 11 is 5.46. The minimum absolute atomic E-state index is 0.562. The highest BCUT2D eigenvalue weighted by Crippen LogP contribution is 2.38. The molecule has 0 spiro atoms. The summed E-state index contributed by atoms with van der Waals surface area (Å²) in [7, 11) is 0. The second kappa shape index (κ2) is 6.93. The van der Waals surface area contributed by atoms with Gasteiger partial charge >= 0.3 is 0 Å². The Kier molecular flexibility index (Phi) is 5.51. The van der Waals surface area contributed by atoms with Crippen LogP contribution in [-0.4, -0.2) is 15.2 Å². The number of hydrogen-bond acceptors (Lipinski definition) is 4. The van der Waals surface area contributed by atoms with Crippen molar-refractivity contribution in [2.75, 3.05) is 5.73 Å². The summed E-state index contributed by atoms with van der Waals surface area (Å²) in [5, 5.41) is 0.642. The number of nitrogens with two attached hydrogens (primary N) is 1. The van der Waals surface area contributed by atoms with E-state index in [0.717, 1.165) is 21.7 Å². The topological polar surface area (TPSA) is 51.8 Å². The lowest BCUT2D eigenvalue weighted by atomic mass is 10.0. The third-order valence-corrected chi connectivity index (χ3v) is 5.90. The molecule has 2 rings (SSSR count). The predicted molar refractivity (Wildman–Crippen MR) is 86.4 cm³/mol. The van der Waals surface area contributed by atoms with Gasteiger partial charge in [-0.2, -0.15) is 11.8 Å². The van der Waals surface area contributed by atoms with Gasteiger partial charge in [-0.15, -0.1) is 0 Å². The molecule has 1 aromatic rings. The fourth-order valence-electron chi connectivity index (χ4n) is 2.40. The minimum Gasteiger partial charge on any atom is -0.383 e. The summed E-state index contributed by atoms with van der Waals surface area (Å²) < 4.78 is 0.914. The highest BCUT2D eigenvalue weighted by molar-refractivity contribution is 9.10. The highest BCUT2D eigenvalue weighted by Gasteiger charge is 2.23. The maximum absolute atomic E-state index is 6.02. The Morgan fingerprint density at radius 2 is 2.05 bits per heavy atom. The van der Waals surface area contributed by atoms with E-state index in [2.05, 4.69) is 34.8 Å². The molecule has 2 N–H and O–H groups in total. The van der Waals surface area contributed by atoms with Gasteiger partial charge in [0, 0.05) is 11.2 Å². The van der Waals surface area contributed by atoms with E-state index >= 15 is 0 Å². The first-order valence-electron chi connectivity index (χ1n) is 7.05. The number of rotatable bonds is 5. The minimum atomic E-state index is 0.562. The van der Waals surface area contributed by atoms with Crippen molar-refractivity contribution in [2.45, 2.75) is 62.9 Å². The summed E-state index contributed by atoms with van der Waals surface area (Å²) in [5.74, 6) is 2.89. The van der Waals surface area contributed by atoms with Gasteiger partial charge in [0.25, 0.3) is 0 Å². The first kappa shape index (κ1) is 15.1. The molecule has 1 heterocycles. The molecule has 1 atom stereocenters. The van der Waals surface area contributed by atoms with Crippen molar-refractivity contribution in [2.24, 2.45) is 0 Å². The van der Waals surface area contributed by atoms with Crippen LogP contribution in [0.2, 0.25) is 0 Å². The summed E-state index contributed by atoms with van der Waals surface area (Å²) in [6.07, 6.45) is 6.24. The van der Waals surface area contributed by atoms with Crippen LogP contribution < -0.4 is 5.73 Å². The Morgan fingerprint density at radius 1 is 1.37 bits per heavy atom. The SMILES string of the molecule is CCC(C)SCc1nc(N)c(Br)c(C2CCCC2)n1. The quantitative estimate of drug-likeness (QED) is 0.854. The Balaban J connectivity index is 2.16. The van der Waals surface area contributed by atoms with E-state index in [9.17, 15) is 0 Å². The number of hydrogen-bond donors (Lipinski definition) is 1. The lowest BCUT2D eigenvalue weighted by molar-refractivity contribution is 0.684. The van der Waals surface area contributed by atoms with Gasteiger partial charge in [-0.1, -0.05) is 26.7 Å². The van der Waals surface area contributed by atoms with E-state index < -0.39 is 0 Å². The highest BCUT2D eigenvalue weighted by atomic mass is 79.9. The molecule has 0 saturated heterocycles. The molecular formula is C14H22BrN3S. The van der Waals surface area contributed by atoms with E-state index in [-0.39, 0.29) is 0 Å². The number of nitrogen functional groups attached to an aromatic ring is 1. The van der Waals surface area contributed by atoms with Gasteiger partial charge in [-0.25, -0.2) is 9.97 Å². The van der Waals surface area contributed by atoms with E-state index in [1.54, 1.807) is 0 Å². The van der Waals surface area contributed by atoms with Gasteiger partial charge in [-0.05, 0) is 35.2 Å². The fraction of sp³-hybridized carbons (Fsp3) is 0.714. The summed E-state index contributed by atoms with van der Waals surface area (Å²) in [6.45, 7) is 4.45. The van der Waals surface area contributed by atoms with E-state index in [0.29, 0.717) is 17.0 Å². The number of nitrogens with zero attached hydrogens (tertiary/aromatic N) is 2. The second-order valence-corrected chi connectivity index (χ2v) is 7.46. The zero-order chi connectivity index (χ0) is 13.8. The smallest absolute Gasteiger partial charge is 0.141 e. The van der Waals surface area contributed by atoms with Gasteiger partial charge in [0.2, 0.25) is 0 Å². The summed E-state index contributed by atoms with van der Waals surface area (Å²) in [4.78, 5) is 9.17. The predicted octanol–water partition coefficient (Wildman–Crippen LogP) is 4.51. The van der Waals surface area contributed by atoms with Crippen LogP contribution in [0.15, 0.2) is 4.47 Å². The van der Waals surface area contributed by atoms with Crippen molar-refractivity contribution >= 4 is 33.5 Å². The Morgan fingerprint density at radius 3 is 2.68 bits per heavy atom. The molecule has 3 nitrogen and oxygen atoms in total. The van der Waals surface area contributed by atoms with Crippen molar-refractivity contribution in [3.8, 4) is 0 Å². The molecule has 0 bridgehead atoms. The van der Waals surface area contributed by atoms with Crippen LogP contribution in [0.25, 0.3) is 0 Å². The van der Waals surface area contributed by atoms with Gasteiger partial charge in [0.1, 0.15) is 11.6 Å². The molecule has 0 radical (unpaired) electrons. The van der Waals surface area contributed by atoms with Gasteiger partial charge in [-0.3, -0.25) is 0 Å². The molecule has 0 aliphatic heterocycles. The Labute approximate surface area is 128 Å². The molecule has 19 heavy (non-hydrogen) atoms. The standard InChI is InChI=1S/C14H22BrN3S/c1-3-9(2)19-8-11-17-13(10-6-4-5-7-10)12(15)14(16)18-11/h9-10H,3-8H2,1-2H3,(H2,16,17,18). The van der Waals surface area contributed by atoms with Crippen LogP contribution in [0.5, 0.6) is 0 Å². The van der Waals surface area contributed by atoms with Crippen LogP contribution in [0.4, 0.5) is 5.82 Å². The summed E-state index contributed by atoms with van der Waals surface area (Å²) in [5.41, 5.74) is 7.15. The van der Waals surface area contributed by atoms with E-state index in [1.807, 2.05) is 11.8 Å². The van der Waals surface area contributed by atoms with Crippen LogP contribution in [0, 0.1) is 0 Å². The van der Waals surface area contributed by atoms with Gasteiger partial charge < -0.3 is 5.73 Å². The first-order valence-corrected chi connectivity index (χ1v) is 8.89. The molecule has 1 fully saturated rings. The van der Waals surface area contributed by atoms with E-state index in [1.165, 1.54) is 32.1 Å². The molecule has 1 saturated carbocycles. The van der Waals surface area contributed by atoms with Crippen molar-refractivity contribution in [1.29, 1.82) is 0 Å². The fourth-order valence-corrected chi connectivity index (χ4v) is 3.70. The molecule has 1 aromatic heterocycles. The normalized spacial score (nSPS) is 17.8. The zero-order valence-electron chi connectivity index (χ0n) is 11.7. The monoisotopic (exact) mass is 343 g/mol. The third-order valence-electron chi connectivity index (χ3n) is 3.76. The molecule has 106 valence electrons. The molecule has 1 aliphatic rings. The van der Waals surface area contributed by atoms with Gasteiger partial charge in [0.15, 0.2) is 0 Å². The van der Waals surface area contributed by atoms with Crippen molar-refractivity contribution in [3.05, 3.63) is 16.0 Å². The van der Waals surface area contributed by atoms with Crippen molar-refractivity contribution in [1.82, 2.24) is 9.97 Å². The maximum atomic E-state index is 6.02. The third kappa shape index (κ3) is 3.85. The van der Waals surface area contributed by atoms with E-state index in [4.69, 9.17) is 10.7 Å². The van der Waals surface area contributed by atoms with Crippen molar-refractivity contribution in [3.63, 3.8) is 0 Å². The lowest BCUT2D eigenvalue weighted by Gasteiger charge is -2.14. The van der Waals surface area contributed by atoms with Gasteiger partial charge in [0.05, 0.1) is 15.9 Å². The number of anilines is 1. The Bertz CT molecular complexity index is 433. The second-order valence-electron chi connectivity index (χ2n) is 5.24. The van der Waals surface area contributed by atoms with Crippen LogP contribution >= 0.6 is 27.7 Å². The number of thioether (sulfide) groups is 1. The average Bonchev–Trinajstić information content (AvgIpc) is 2.93. The van der Waals surface area contributed by atoms with Crippen LogP contribution in [0.3, 0.4) is 0 Å². The first-order chi connectivity index (χ1) is 9.11. The van der Waals surface area contributed by atoms with Crippen LogP contribution in [0.1, 0.15) is 63.4 Å². The summed E-state index contributed by atoms with van der Waals surface area (Å²) in [6, 6.07) is 0. The molecule has 1 unspecified atom stereocenters. The molecular weight excluding hydrogens is 322 g/mol. The van der Waals surface area contributed by atoms with Crippen molar-refractivity contribution < 1.29 is 0 Å². The number of halogens is 1. The molecule has 0 aromatic carbocycles. The average molecular weight is 344 g/mol. The maximum Gasteiger partial charge on any atom is 0.141 e. The molecule has 0 amide bonds. The number of aromatic nitrogens is 2. The molecule has 1 aliphatic carbocycles.